The van der Waals surface area contributed by atoms with E-state index in [1.165, 1.54) is 0 Å². The molecule has 0 N–H and O–H groups in total. The second kappa shape index (κ2) is 14.1. The third-order valence-corrected chi connectivity index (χ3v) is 8.67. The van der Waals surface area contributed by atoms with Gasteiger partial charge in [0.05, 0.1) is 0 Å². The van der Waals surface area contributed by atoms with E-state index in [9.17, 15) is 0 Å². The van der Waals surface area contributed by atoms with E-state index in [0.717, 1.165) is 61.2 Å². The Kier molecular flexibility index (Phi) is 8.64. The lowest BCUT2D eigenvalue weighted by atomic mass is 9.85. The number of hydrogen-bond acceptors (Lipinski definition) is 4. The highest BCUT2D eigenvalue weighted by Crippen LogP contribution is 2.38. The molecule has 0 bridgehead atoms. The molecule has 0 spiro atoms. The Balaban J connectivity index is 1.22. The summed E-state index contributed by atoms with van der Waals surface area (Å²) in [7, 11) is 0. The van der Waals surface area contributed by atoms with Crippen LogP contribution in [0.25, 0.3) is 56.4 Å². The van der Waals surface area contributed by atoms with E-state index in [2.05, 4.69) is 126 Å². The SMILES string of the molecule is c1ccc(/C(=C(\c2ccccc2)c2cccc(-c3ccc(-c4nc(-c5ccccc5)nc(-c5ccccc5)n4)cc3)c2)c2ccncc2)cc1. The minimum absolute atomic E-state index is 0.636. The molecule has 0 unspecified atom stereocenters. The summed E-state index contributed by atoms with van der Waals surface area (Å²) in [6, 6.07) is 62.8. The molecule has 0 fully saturated rings. The first-order chi connectivity index (χ1) is 24.8. The van der Waals surface area contributed by atoms with Gasteiger partial charge in [0.15, 0.2) is 17.5 Å². The highest BCUT2D eigenvalue weighted by molar-refractivity contribution is 6.04. The summed E-state index contributed by atoms with van der Waals surface area (Å²) in [5, 5.41) is 0. The van der Waals surface area contributed by atoms with Gasteiger partial charge >= 0.3 is 0 Å². The van der Waals surface area contributed by atoms with Crippen LogP contribution >= 0.6 is 0 Å². The Morgan fingerprint density at radius 2 is 0.640 bits per heavy atom. The Labute approximate surface area is 292 Å². The van der Waals surface area contributed by atoms with Crippen molar-refractivity contribution in [1.29, 1.82) is 0 Å². The number of aromatic nitrogens is 4. The van der Waals surface area contributed by atoms with Crippen LogP contribution in [0.15, 0.2) is 194 Å². The van der Waals surface area contributed by atoms with Crippen molar-refractivity contribution in [2.45, 2.75) is 0 Å². The smallest absolute Gasteiger partial charge is 0.164 e. The summed E-state index contributed by atoms with van der Waals surface area (Å²) in [6.07, 6.45) is 3.72. The second-order valence-corrected chi connectivity index (χ2v) is 11.9. The van der Waals surface area contributed by atoms with Gasteiger partial charge in [-0.15, -0.1) is 0 Å². The van der Waals surface area contributed by atoms with Crippen molar-refractivity contribution < 1.29 is 0 Å². The predicted octanol–water partition coefficient (Wildman–Crippen LogP) is 10.9. The molecule has 236 valence electrons. The van der Waals surface area contributed by atoms with Gasteiger partial charge in [0.1, 0.15) is 0 Å². The molecule has 0 aliphatic rings. The van der Waals surface area contributed by atoms with Crippen LogP contribution in [0.4, 0.5) is 0 Å². The van der Waals surface area contributed by atoms with Crippen LogP contribution in [-0.2, 0) is 0 Å². The summed E-state index contributed by atoms with van der Waals surface area (Å²) < 4.78 is 0. The Bertz CT molecular complexity index is 2270. The monoisotopic (exact) mass is 640 g/mol. The van der Waals surface area contributed by atoms with Gasteiger partial charge in [-0.25, -0.2) is 15.0 Å². The zero-order chi connectivity index (χ0) is 33.5. The van der Waals surface area contributed by atoms with Gasteiger partial charge in [-0.3, -0.25) is 4.98 Å². The first-order valence-corrected chi connectivity index (χ1v) is 16.6. The fourth-order valence-electron chi connectivity index (χ4n) is 6.24. The molecule has 0 saturated heterocycles. The summed E-state index contributed by atoms with van der Waals surface area (Å²) in [6.45, 7) is 0. The molecule has 50 heavy (non-hydrogen) atoms. The summed E-state index contributed by atoms with van der Waals surface area (Å²) >= 11 is 0. The van der Waals surface area contributed by atoms with Crippen LogP contribution in [0, 0.1) is 0 Å². The van der Waals surface area contributed by atoms with Crippen molar-refractivity contribution in [3.05, 3.63) is 217 Å². The summed E-state index contributed by atoms with van der Waals surface area (Å²) in [4.78, 5) is 19.0. The molecule has 8 rings (SSSR count). The van der Waals surface area contributed by atoms with E-state index in [1.54, 1.807) is 0 Å². The molecule has 4 nitrogen and oxygen atoms in total. The molecular formula is C46H32N4. The lowest BCUT2D eigenvalue weighted by molar-refractivity contribution is 1.07. The molecule has 0 atom stereocenters. The molecule has 2 aromatic heterocycles. The van der Waals surface area contributed by atoms with Gasteiger partial charge in [0, 0.05) is 29.1 Å². The zero-order valence-corrected chi connectivity index (χ0v) is 27.3. The van der Waals surface area contributed by atoms with Crippen LogP contribution in [0.2, 0.25) is 0 Å². The number of benzene rings is 6. The van der Waals surface area contributed by atoms with Gasteiger partial charge in [0.25, 0.3) is 0 Å². The maximum atomic E-state index is 4.92. The standard InChI is InChI=1S/C46H32N4/c1-5-14-34(15-6-1)42(36-28-30-47-31-29-36)43(35-16-7-2-8-17-35)41-23-13-22-40(32-41)33-24-26-39(27-25-33)46-49-44(37-18-9-3-10-19-37)48-45(50-46)38-20-11-4-12-21-38/h1-32H/b43-42-. The Morgan fingerprint density at radius 3 is 1.14 bits per heavy atom. The van der Waals surface area contributed by atoms with Crippen molar-refractivity contribution in [1.82, 2.24) is 19.9 Å². The fraction of sp³-hybridized carbons (Fsp3) is 0. The normalized spacial score (nSPS) is 11.5. The largest absolute Gasteiger partial charge is 0.265 e. The van der Waals surface area contributed by atoms with E-state index < -0.39 is 0 Å². The molecular weight excluding hydrogens is 609 g/mol. The van der Waals surface area contributed by atoms with Crippen molar-refractivity contribution in [2.24, 2.45) is 0 Å². The van der Waals surface area contributed by atoms with Gasteiger partial charge in [-0.1, -0.05) is 164 Å². The zero-order valence-electron chi connectivity index (χ0n) is 27.3. The third-order valence-electron chi connectivity index (χ3n) is 8.67. The first kappa shape index (κ1) is 30.5. The quantitative estimate of drug-likeness (QED) is 0.155. The van der Waals surface area contributed by atoms with E-state index in [1.807, 2.05) is 73.1 Å². The molecule has 0 aliphatic heterocycles. The molecule has 0 amide bonds. The number of hydrogen-bond donors (Lipinski definition) is 0. The molecule has 0 saturated carbocycles. The predicted molar refractivity (Wildman–Crippen MR) is 204 cm³/mol. The maximum absolute atomic E-state index is 4.92. The fourth-order valence-corrected chi connectivity index (χ4v) is 6.24. The minimum Gasteiger partial charge on any atom is -0.265 e. The number of rotatable bonds is 8. The maximum Gasteiger partial charge on any atom is 0.164 e. The lowest BCUT2D eigenvalue weighted by Crippen LogP contribution is -2.00. The van der Waals surface area contributed by atoms with Crippen molar-refractivity contribution in [3.63, 3.8) is 0 Å². The van der Waals surface area contributed by atoms with Gasteiger partial charge in [0.2, 0.25) is 0 Å². The molecule has 0 aliphatic carbocycles. The van der Waals surface area contributed by atoms with Crippen LogP contribution in [-0.4, -0.2) is 19.9 Å². The minimum atomic E-state index is 0.636. The molecule has 4 heteroatoms. The van der Waals surface area contributed by atoms with Crippen LogP contribution < -0.4 is 0 Å². The average molecular weight is 641 g/mol. The molecule has 0 radical (unpaired) electrons. The lowest BCUT2D eigenvalue weighted by Gasteiger charge is -2.18. The van der Waals surface area contributed by atoms with Crippen molar-refractivity contribution in [3.8, 4) is 45.3 Å². The van der Waals surface area contributed by atoms with Crippen molar-refractivity contribution >= 4 is 11.1 Å². The van der Waals surface area contributed by atoms with Gasteiger partial charge < -0.3 is 0 Å². The van der Waals surface area contributed by atoms with E-state index in [4.69, 9.17) is 15.0 Å². The second-order valence-electron chi connectivity index (χ2n) is 11.9. The van der Waals surface area contributed by atoms with E-state index >= 15 is 0 Å². The molecule has 8 aromatic rings. The Morgan fingerprint density at radius 1 is 0.280 bits per heavy atom. The molecule has 2 heterocycles. The van der Waals surface area contributed by atoms with Crippen LogP contribution in [0.5, 0.6) is 0 Å². The van der Waals surface area contributed by atoms with Crippen molar-refractivity contribution in [2.75, 3.05) is 0 Å². The van der Waals surface area contributed by atoms with E-state index in [-0.39, 0.29) is 0 Å². The highest BCUT2D eigenvalue weighted by atomic mass is 15.0. The summed E-state index contributed by atoms with van der Waals surface area (Å²) in [5.41, 5.74) is 11.9. The number of pyridine rings is 1. The average Bonchev–Trinajstić information content (AvgIpc) is 3.21. The topological polar surface area (TPSA) is 51.6 Å². The third kappa shape index (κ3) is 6.51. The first-order valence-electron chi connectivity index (χ1n) is 16.6. The summed E-state index contributed by atoms with van der Waals surface area (Å²) in [5.74, 6) is 1.93. The highest BCUT2D eigenvalue weighted by Gasteiger charge is 2.17. The molecule has 6 aromatic carbocycles. The van der Waals surface area contributed by atoms with Crippen LogP contribution in [0.1, 0.15) is 22.3 Å². The Hall–Kier alpha value is -6.78. The number of nitrogens with zero attached hydrogens (tertiary/aromatic N) is 4. The van der Waals surface area contributed by atoms with Gasteiger partial charge in [-0.05, 0) is 62.7 Å². The van der Waals surface area contributed by atoms with E-state index in [0.29, 0.717) is 17.5 Å². The van der Waals surface area contributed by atoms with Crippen LogP contribution in [0.3, 0.4) is 0 Å². The van der Waals surface area contributed by atoms with Gasteiger partial charge in [-0.2, -0.15) is 0 Å².